The van der Waals surface area contributed by atoms with Crippen molar-refractivity contribution in [2.45, 2.75) is 20.0 Å². The maximum absolute atomic E-state index is 11.3. The summed E-state index contributed by atoms with van der Waals surface area (Å²) in [4.78, 5) is 26.1. The first-order valence-corrected chi connectivity index (χ1v) is 4.77. The van der Waals surface area contributed by atoms with Crippen molar-refractivity contribution in [3.63, 3.8) is 0 Å². The number of ether oxygens (including phenoxy) is 2. The van der Waals surface area contributed by atoms with Crippen LogP contribution in [0.1, 0.15) is 13.8 Å². The normalized spacial score (nSPS) is 20.0. The Kier molecular flexibility index (Phi) is 4.17. The van der Waals surface area contributed by atoms with E-state index in [4.69, 9.17) is 9.47 Å². The molecule has 1 unspecified atom stereocenters. The van der Waals surface area contributed by atoms with Crippen molar-refractivity contribution in [3.05, 3.63) is 11.6 Å². The summed E-state index contributed by atoms with van der Waals surface area (Å²) in [5.41, 5.74) is 0.259. The zero-order chi connectivity index (χ0) is 11.3. The van der Waals surface area contributed by atoms with Crippen LogP contribution in [0.2, 0.25) is 0 Å². The summed E-state index contributed by atoms with van der Waals surface area (Å²) >= 11 is 0. The second-order valence-corrected chi connectivity index (χ2v) is 2.81. The van der Waals surface area contributed by atoms with Crippen molar-refractivity contribution in [3.8, 4) is 0 Å². The molecule has 1 aliphatic rings. The number of carbonyl (C=O) groups excluding carboxylic acids is 2. The summed E-state index contributed by atoms with van der Waals surface area (Å²) in [6.45, 7) is 4.16. The first-order chi connectivity index (χ1) is 7.19. The lowest BCUT2D eigenvalue weighted by atomic mass is 10.1. The number of aliphatic imine (C=N–C) groups is 1. The van der Waals surface area contributed by atoms with Gasteiger partial charge >= 0.3 is 5.97 Å². The minimum atomic E-state index is -0.764. The van der Waals surface area contributed by atoms with Gasteiger partial charge < -0.3 is 9.47 Å². The van der Waals surface area contributed by atoms with E-state index in [2.05, 4.69) is 4.99 Å². The monoisotopic (exact) mass is 211 g/mol. The van der Waals surface area contributed by atoms with Crippen LogP contribution >= 0.6 is 0 Å². The molecule has 0 aromatic heterocycles. The van der Waals surface area contributed by atoms with Crippen LogP contribution in [-0.2, 0) is 19.1 Å². The standard InChI is InChI=1S/C10H13NO4/c1-3-14-8-5-7(6-11-9(8)12)10(13)15-4-2/h5-6,8H,3-4H2,1-2H3. The highest BCUT2D eigenvalue weighted by molar-refractivity contribution is 6.14. The second kappa shape index (κ2) is 5.41. The van der Waals surface area contributed by atoms with Gasteiger partial charge in [-0.3, -0.25) is 4.79 Å². The molecule has 0 spiro atoms. The second-order valence-electron chi connectivity index (χ2n) is 2.81. The quantitative estimate of drug-likeness (QED) is 0.635. The molecule has 1 amide bonds. The Morgan fingerprint density at radius 1 is 1.47 bits per heavy atom. The van der Waals surface area contributed by atoms with E-state index < -0.39 is 18.0 Å². The number of rotatable bonds is 4. The van der Waals surface area contributed by atoms with E-state index in [0.29, 0.717) is 6.61 Å². The van der Waals surface area contributed by atoms with Crippen LogP contribution in [0.25, 0.3) is 0 Å². The van der Waals surface area contributed by atoms with Crippen molar-refractivity contribution in [2.24, 2.45) is 4.99 Å². The molecule has 5 nitrogen and oxygen atoms in total. The van der Waals surface area contributed by atoms with Gasteiger partial charge in [0.05, 0.1) is 12.2 Å². The van der Waals surface area contributed by atoms with Crippen LogP contribution in [0.5, 0.6) is 0 Å². The summed E-state index contributed by atoms with van der Waals surface area (Å²) < 4.78 is 9.88. The van der Waals surface area contributed by atoms with E-state index in [9.17, 15) is 9.59 Å². The lowest BCUT2D eigenvalue weighted by Crippen LogP contribution is -2.26. The highest BCUT2D eigenvalue weighted by Crippen LogP contribution is 2.08. The van der Waals surface area contributed by atoms with Crippen molar-refractivity contribution in [2.75, 3.05) is 13.2 Å². The number of carbonyl (C=O) groups is 2. The van der Waals surface area contributed by atoms with Gasteiger partial charge in [0, 0.05) is 12.8 Å². The van der Waals surface area contributed by atoms with E-state index in [1.54, 1.807) is 13.8 Å². The third-order valence-corrected chi connectivity index (χ3v) is 1.76. The highest BCUT2D eigenvalue weighted by Gasteiger charge is 2.22. The molecule has 0 radical (unpaired) electrons. The van der Waals surface area contributed by atoms with Gasteiger partial charge in [-0.15, -0.1) is 0 Å². The maximum Gasteiger partial charge on any atom is 0.339 e. The van der Waals surface area contributed by atoms with Gasteiger partial charge in [0.2, 0.25) is 0 Å². The molecule has 0 aromatic carbocycles. The van der Waals surface area contributed by atoms with Gasteiger partial charge in [0.1, 0.15) is 0 Å². The predicted molar refractivity (Wildman–Crippen MR) is 53.6 cm³/mol. The van der Waals surface area contributed by atoms with Gasteiger partial charge in [-0.25, -0.2) is 9.79 Å². The van der Waals surface area contributed by atoms with Crippen LogP contribution in [-0.4, -0.2) is 37.4 Å². The molecule has 0 bridgehead atoms. The lowest BCUT2D eigenvalue weighted by molar-refractivity contribution is -0.138. The molecule has 82 valence electrons. The fourth-order valence-corrected chi connectivity index (χ4v) is 1.12. The molecular formula is C10H13NO4. The molecule has 0 aromatic rings. The van der Waals surface area contributed by atoms with E-state index in [0.717, 1.165) is 0 Å². The molecule has 0 fully saturated rings. The molecule has 1 aliphatic heterocycles. The van der Waals surface area contributed by atoms with Crippen LogP contribution in [0.15, 0.2) is 16.6 Å². The molecule has 5 heteroatoms. The number of dihydropyridines is 1. The number of hydrogen-bond donors (Lipinski definition) is 0. The molecule has 1 atom stereocenters. The Labute approximate surface area is 87.8 Å². The van der Waals surface area contributed by atoms with Gasteiger partial charge in [0.15, 0.2) is 6.10 Å². The van der Waals surface area contributed by atoms with E-state index in [1.165, 1.54) is 12.3 Å². The summed E-state index contributed by atoms with van der Waals surface area (Å²) in [6, 6.07) is 0. The first kappa shape index (κ1) is 11.6. The van der Waals surface area contributed by atoms with Crippen LogP contribution in [0.3, 0.4) is 0 Å². The largest absolute Gasteiger partial charge is 0.462 e. The number of esters is 1. The van der Waals surface area contributed by atoms with Gasteiger partial charge in [-0.1, -0.05) is 0 Å². The van der Waals surface area contributed by atoms with E-state index in [1.807, 2.05) is 0 Å². The van der Waals surface area contributed by atoms with Crippen LogP contribution in [0, 0.1) is 0 Å². The zero-order valence-electron chi connectivity index (χ0n) is 8.73. The topological polar surface area (TPSA) is 65.0 Å². The SMILES string of the molecule is CCOC(=O)C1=CC(OCC)C(=O)N=C1. The maximum atomic E-state index is 11.3. The minimum Gasteiger partial charge on any atom is -0.462 e. The molecule has 1 rings (SSSR count). The Bertz CT molecular complexity index is 319. The summed E-state index contributed by atoms with van der Waals surface area (Å²) in [6.07, 6.45) is 1.87. The van der Waals surface area contributed by atoms with Crippen molar-refractivity contribution >= 4 is 18.1 Å². The smallest absolute Gasteiger partial charge is 0.339 e. The van der Waals surface area contributed by atoms with Gasteiger partial charge in [0.25, 0.3) is 5.91 Å². The molecular weight excluding hydrogens is 198 g/mol. The molecule has 0 aliphatic carbocycles. The average molecular weight is 211 g/mol. The third-order valence-electron chi connectivity index (χ3n) is 1.76. The highest BCUT2D eigenvalue weighted by atomic mass is 16.5. The predicted octanol–water partition coefficient (Wildman–Crippen LogP) is 0.492. The van der Waals surface area contributed by atoms with Gasteiger partial charge in [-0.05, 0) is 19.9 Å². The van der Waals surface area contributed by atoms with E-state index in [-0.39, 0.29) is 12.2 Å². The van der Waals surface area contributed by atoms with Crippen LogP contribution in [0.4, 0.5) is 0 Å². The Morgan fingerprint density at radius 2 is 2.20 bits per heavy atom. The molecule has 15 heavy (non-hydrogen) atoms. The Morgan fingerprint density at radius 3 is 2.80 bits per heavy atom. The number of nitrogens with zero attached hydrogens (tertiary/aromatic N) is 1. The fraction of sp³-hybridized carbons (Fsp3) is 0.500. The fourth-order valence-electron chi connectivity index (χ4n) is 1.12. The molecule has 1 heterocycles. The average Bonchev–Trinajstić information content (AvgIpc) is 2.22. The Balaban J connectivity index is 2.73. The van der Waals surface area contributed by atoms with Crippen molar-refractivity contribution < 1.29 is 19.1 Å². The van der Waals surface area contributed by atoms with Gasteiger partial charge in [-0.2, -0.15) is 0 Å². The number of amides is 1. The summed E-state index contributed by atoms with van der Waals surface area (Å²) in [5.74, 6) is -0.886. The molecule has 0 saturated carbocycles. The minimum absolute atomic E-state index is 0.259. The van der Waals surface area contributed by atoms with E-state index >= 15 is 0 Å². The lowest BCUT2D eigenvalue weighted by Gasteiger charge is -2.13. The summed E-state index contributed by atoms with van der Waals surface area (Å²) in [7, 11) is 0. The third kappa shape index (κ3) is 2.99. The zero-order valence-corrected chi connectivity index (χ0v) is 8.73. The Hall–Kier alpha value is -1.49. The first-order valence-electron chi connectivity index (χ1n) is 4.77. The van der Waals surface area contributed by atoms with Crippen molar-refractivity contribution in [1.82, 2.24) is 0 Å². The van der Waals surface area contributed by atoms with Crippen LogP contribution < -0.4 is 0 Å². The molecule has 0 N–H and O–H groups in total. The number of hydrogen-bond acceptors (Lipinski definition) is 4. The van der Waals surface area contributed by atoms with Crippen molar-refractivity contribution in [1.29, 1.82) is 0 Å². The summed E-state index contributed by atoms with van der Waals surface area (Å²) in [5, 5.41) is 0. The molecule has 0 saturated heterocycles.